The molecule has 0 spiro atoms. The molecular weight excluding hydrogens is 458 g/mol. The molecule has 4 rings (SSSR count). The van der Waals surface area contributed by atoms with Crippen LogP contribution < -0.4 is 4.90 Å². The average molecular weight is 486 g/mol. The number of carbonyl (C=O) groups is 1. The van der Waals surface area contributed by atoms with Gasteiger partial charge in [-0.25, -0.2) is 8.42 Å². The van der Waals surface area contributed by atoms with E-state index in [-0.39, 0.29) is 17.2 Å². The third kappa shape index (κ3) is 4.20. The second-order valence-corrected chi connectivity index (χ2v) is 11.2. The van der Waals surface area contributed by atoms with Crippen molar-refractivity contribution in [3.63, 3.8) is 0 Å². The predicted octanol–water partition coefficient (Wildman–Crippen LogP) is 4.84. The summed E-state index contributed by atoms with van der Waals surface area (Å²) >= 11 is 6.09. The van der Waals surface area contributed by atoms with Gasteiger partial charge in [-0.15, -0.1) is 0 Å². The summed E-state index contributed by atoms with van der Waals surface area (Å²) in [4.78, 5) is 19.6. The number of aromatic nitrogens is 1. The molecule has 0 unspecified atom stereocenters. The molecule has 1 aliphatic rings. The summed E-state index contributed by atoms with van der Waals surface area (Å²) in [6, 6.07) is 14.4. The van der Waals surface area contributed by atoms with Crippen molar-refractivity contribution in [3.8, 4) is 0 Å². The lowest BCUT2D eigenvalue weighted by molar-refractivity contribution is -0.133. The first kappa shape index (κ1) is 23.5. The van der Waals surface area contributed by atoms with Crippen LogP contribution in [0.2, 0.25) is 5.02 Å². The highest BCUT2D eigenvalue weighted by atomic mass is 35.5. The zero-order chi connectivity index (χ0) is 23.8. The number of sulfone groups is 1. The second kappa shape index (κ2) is 8.95. The second-order valence-electron chi connectivity index (χ2n) is 8.55. The molecule has 1 aliphatic heterocycles. The van der Waals surface area contributed by atoms with Crippen molar-refractivity contribution in [1.29, 1.82) is 0 Å². The minimum absolute atomic E-state index is 0.181. The van der Waals surface area contributed by atoms with Gasteiger partial charge in [-0.3, -0.25) is 9.78 Å². The lowest BCUT2D eigenvalue weighted by Crippen LogP contribution is -2.60. The van der Waals surface area contributed by atoms with E-state index in [0.29, 0.717) is 31.0 Å². The lowest BCUT2D eigenvalue weighted by Gasteiger charge is -2.47. The molecule has 3 aromatic rings. The quantitative estimate of drug-likeness (QED) is 0.517. The van der Waals surface area contributed by atoms with Crippen LogP contribution in [0.25, 0.3) is 10.8 Å². The number of amides is 1. The van der Waals surface area contributed by atoms with Gasteiger partial charge in [-0.1, -0.05) is 30.7 Å². The third-order valence-electron chi connectivity index (χ3n) is 6.66. The first-order valence-corrected chi connectivity index (χ1v) is 12.9. The molecule has 1 fully saturated rings. The molecule has 33 heavy (non-hydrogen) atoms. The zero-order valence-electron chi connectivity index (χ0n) is 19.1. The van der Waals surface area contributed by atoms with E-state index in [0.717, 1.165) is 22.2 Å². The van der Waals surface area contributed by atoms with E-state index in [4.69, 9.17) is 11.6 Å². The van der Waals surface area contributed by atoms with Crippen LogP contribution in [0.1, 0.15) is 31.9 Å². The summed E-state index contributed by atoms with van der Waals surface area (Å²) in [5.74, 6) is -0.181. The molecule has 2 aromatic carbocycles. The van der Waals surface area contributed by atoms with Crippen LogP contribution in [0.3, 0.4) is 0 Å². The fourth-order valence-electron chi connectivity index (χ4n) is 4.67. The highest BCUT2D eigenvalue weighted by Gasteiger charge is 2.51. The summed E-state index contributed by atoms with van der Waals surface area (Å²) in [6.07, 6.45) is 2.64. The Bertz CT molecular complexity index is 1300. The van der Waals surface area contributed by atoms with E-state index in [1.807, 2.05) is 31.2 Å². The molecule has 2 heterocycles. The number of aryl methyl sites for hydroxylation is 1. The van der Waals surface area contributed by atoms with Gasteiger partial charge in [0.1, 0.15) is 0 Å². The van der Waals surface area contributed by atoms with Crippen LogP contribution in [0.15, 0.2) is 59.6 Å². The van der Waals surface area contributed by atoms with Crippen molar-refractivity contribution < 1.29 is 13.2 Å². The molecule has 0 N–H and O–H groups in total. The van der Waals surface area contributed by atoms with E-state index in [1.54, 1.807) is 44.4 Å². The molecule has 1 aromatic heterocycles. The fourth-order valence-corrected chi connectivity index (χ4v) is 7.00. The minimum atomic E-state index is -3.86. The number of piperidine rings is 1. The molecule has 0 bridgehead atoms. The Balaban J connectivity index is 1.74. The van der Waals surface area contributed by atoms with E-state index < -0.39 is 14.7 Å². The number of carbonyl (C=O) groups excluding carboxylic acids is 1. The van der Waals surface area contributed by atoms with Crippen LogP contribution in [0.5, 0.6) is 0 Å². The maximum atomic E-state index is 14.1. The Morgan fingerprint density at radius 2 is 1.76 bits per heavy atom. The molecule has 0 saturated carbocycles. The Labute approximate surface area is 200 Å². The van der Waals surface area contributed by atoms with Crippen molar-refractivity contribution in [2.45, 2.75) is 42.9 Å². The number of nitrogens with zero attached hydrogens (tertiary/aromatic N) is 3. The number of fused-ring (bicyclic) bond motifs is 1. The number of rotatable bonds is 5. The number of hydrogen-bond donors (Lipinski definition) is 0. The minimum Gasteiger partial charge on any atom is -0.371 e. The maximum Gasteiger partial charge on any atom is 0.223 e. The van der Waals surface area contributed by atoms with Gasteiger partial charge in [0, 0.05) is 62.0 Å². The Hall–Kier alpha value is -2.64. The maximum absolute atomic E-state index is 14.1. The third-order valence-corrected chi connectivity index (χ3v) is 9.45. The van der Waals surface area contributed by atoms with Crippen LogP contribution in [-0.2, 0) is 14.6 Å². The largest absolute Gasteiger partial charge is 0.371 e. The fraction of sp³-hybridized carbons (Fsp3) is 0.360. The number of anilines is 1. The average Bonchev–Trinajstić information content (AvgIpc) is 2.82. The highest BCUT2D eigenvalue weighted by Crippen LogP contribution is 2.40. The molecule has 0 radical (unpaired) electrons. The number of hydrogen-bond acceptors (Lipinski definition) is 5. The molecule has 1 saturated heterocycles. The van der Waals surface area contributed by atoms with E-state index in [1.165, 1.54) is 4.90 Å². The lowest BCUT2D eigenvalue weighted by atomic mass is 10.0. The van der Waals surface area contributed by atoms with Crippen LogP contribution in [0, 0.1) is 6.92 Å². The standard InChI is InChI=1S/C25H28ClN3O3S/c1-4-24(30)28(3)25(10-13-29(14-11-25)22-9-12-27-18(2)15-22)33(31,32)23-8-6-19-16-21(26)7-5-20(19)17-23/h5-9,12,15-17H,4,10-11,13-14H2,1-3H3. The number of benzene rings is 2. The summed E-state index contributed by atoms with van der Waals surface area (Å²) in [6.45, 7) is 4.73. The summed E-state index contributed by atoms with van der Waals surface area (Å²) in [5.41, 5.74) is 1.92. The number of halogens is 1. The van der Waals surface area contributed by atoms with Gasteiger partial charge in [-0.05, 0) is 54.1 Å². The number of pyridine rings is 1. The molecule has 174 valence electrons. The molecule has 1 amide bonds. The van der Waals surface area contributed by atoms with E-state index in [9.17, 15) is 13.2 Å². The Kier molecular flexibility index (Phi) is 6.38. The van der Waals surface area contributed by atoms with Crippen LogP contribution >= 0.6 is 11.6 Å². The van der Waals surface area contributed by atoms with Crippen LogP contribution in [-0.4, -0.2) is 49.2 Å². The van der Waals surface area contributed by atoms with E-state index in [2.05, 4.69) is 9.88 Å². The van der Waals surface area contributed by atoms with Gasteiger partial charge >= 0.3 is 0 Å². The molecule has 0 aliphatic carbocycles. The topological polar surface area (TPSA) is 70.6 Å². The first-order valence-electron chi connectivity index (χ1n) is 11.1. The van der Waals surface area contributed by atoms with E-state index >= 15 is 0 Å². The monoisotopic (exact) mass is 485 g/mol. The van der Waals surface area contributed by atoms with Gasteiger partial charge in [0.2, 0.25) is 15.7 Å². The van der Waals surface area contributed by atoms with Gasteiger partial charge in [0.25, 0.3) is 0 Å². The summed E-state index contributed by atoms with van der Waals surface area (Å²) in [7, 11) is -2.24. The summed E-state index contributed by atoms with van der Waals surface area (Å²) in [5, 5.41) is 2.27. The van der Waals surface area contributed by atoms with Crippen LogP contribution in [0.4, 0.5) is 5.69 Å². The molecular formula is C25H28ClN3O3S. The Morgan fingerprint density at radius 3 is 2.42 bits per heavy atom. The summed E-state index contributed by atoms with van der Waals surface area (Å²) < 4.78 is 28.3. The van der Waals surface area contributed by atoms with Crippen molar-refractivity contribution in [3.05, 3.63) is 65.4 Å². The van der Waals surface area contributed by atoms with Gasteiger partial charge < -0.3 is 9.80 Å². The SMILES string of the molecule is CCC(=O)N(C)C1(S(=O)(=O)c2ccc3cc(Cl)ccc3c2)CCN(c2ccnc(C)c2)CC1. The van der Waals surface area contributed by atoms with Crippen molar-refractivity contribution >= 4 is 43.8 Å². The van der Waals surface area contributed by atoms with Crippen molar-refractivity contribution in [1.82, 2.24) is 9.88 Å². The molecule has 6 nitrogen and oxygen atoms in total. The highest BCUT2D eigenvalue weighted by molar-refractivity contribution is 7.92. The first-order chi connectivity index (χ1) is 15.7. The van der Waals surface area contributed by atoms with Crippen molar-refractivity contribution in [2.24, 2.45) is 0 Å². The smallest absolute Gasteiger partial charge is 0.223 e. The Morgan fingerprint density at radius 1 is 1.09 bits per heavy atom. The van der Waals surface area contributed by atoms with Gasteiger partial charge in [0.15, 0.2) is 4.87 Å². The predicted molar refractivity (Wildman–Crippen MR) is 132 cm³/mol. The normalized spacial score (nSPS) is 16.1. The van der Waals surface area contributed by atoms with Gasteiger partial charge in [0.05, 0.1) is 4.90 Å². The molecule has 0 atom stereocenters. The van der Waals surface area contributed by atoms with Crippen molar-refractivity contribution in [2.75, 3.05) is 25.0 Å². The zero-order valence-corrected chi connectivity index (χ0v) is 20.7. The van der Waals surface area contributed by atoms with Gasteiger partial charge in [-0.2, -0.15) is 0 Å². The molecule has 8 heteroatoms.